The Balaban J connectivity index is -0.000000149. The van der Waals surface area contributed by atoms with Gasteiger partial charge in [-0.3, -0.25) is 0 Å². The van der Waals surface area contributed by atoms with Gasteiger partial charge in [0.1, 0.15) is 0 Å². The van der Waals surface area contributed by atoms with Crippen molar-refractivity contribution in [3.05, 3.63) is 35.9 Å². The van der Waals surface area contributed by atoms with Crippen LogP contribution in [0.1, 0.15) is 26.8 Å². The summed E-state index contributed by atoms with van der Waals surface area (Å²) in [5.41, 5.74) is 1.32. The van der Waals surface area contributed by atoms with Gasteiger partial charge in [0.2, 0.25) is 0 Å². The van der Waals surface area contributed by atoms with Crippen molar-refractivity contribution < 1.29 is 0 Å². The van der Waals surface area contributed by atoms with E-state index in [1.54, 1.807) is 0 Å². The van der Waals surface area contributed by atoms with E-state index >= 15 is 0 Å². The van der Waals surface area contributed by atoms with Gasteiger partial charge in [-0.05, 0) is 6.92 Å². The van der Waals surface area contributed by atoms with Crippen molar-refractivity contribution in [1.29, 1.82) is 0 Å². The lowest BCUT2D eigenvalue weighted by molar-refractivity contribution is 1.48. The zero-order valence-corrected chi connectivity index (χ0v) is 6.96. The minimum absolute atomic E-state index is 0. The minimum Gasteiger partial charge on any atom is -0.0776 e. The third kappa shape index (κ3) is 9.28. The second kappa shape index (κ2) is 12.0. The molecule has 61 valence electrons. The summed E-state index contributed by atoms with van der Waals surface area (Å²) in [4.78, 5) is 0. The summed E-state index contributed by atoms with van der Waals surface area (Å²) >= 11 is 0. The van der Waals surface area contributed by atoms with E-state index in [0.717, 1.165) is 0 Å². The fourth-order valence-electron chi connectivity index (χ4n) is 0.534. The van der Waals surface area contributed by atoms with Gasteiger partial charge < -0.3 is 0 Å². The number of hydrogen-bond acceptors (Lipinski definition) is 0. The number of aryl methyl sites for hydroxylation is 1. The molecule has 0 atom stereocenters. The van der Waals surface area contributed by atoms with Gasteiger partial charge in [-0.25, -0.2) is 0 Å². The van der Waals surface area contributed by atoms with E-state index in [0.29, 0.717) is 0 Å². The molecule has 0 spiro atoms. The van der Waals surface area contributed by atoms with E-state index in [4.69, 9.17) is 0 Å². The van der Waals surface area contributed by atoms with Gasteiger partial charge in [-0.1, -0.05) is 57.2 Å². The highest BCUT2D eigenvalue weighted by molar-refractivity contribution is 5.75. The van der Waals surface area contributed by atoms with Crippen LogP contribution >= 0.6 is 0 Å². The molecule has 0 saturated heterocycles. The van der Waals surface area contributed by atoms with Crippen molar-refractivity contribution >= 4 is 8.41 Å². The van der Waals surface area contributed by atoms with Gasteiger partial charge in [-0.15, -0.1) is 0 Å². The predicted octanol–water partition coefficient (Wildman–Crippen LogP) is 3.28. The van der Waals surface area contributed by atoms with Crippen LogP contribution in [0.2, 0.25) is 0 Å². The molecule has 0 aliphatic heterocycles. The zero-order chi connectivity index (χ0) is 7.11. The first-order valence-electron chi connectivity index (χ1n) is 3.41. The Hall–Kier alpha value is -0.715. The molecule has 0 aliphatic rings. The van der Waals surface area contributed by atoms with Gasteiger partial charge >= 0.3 is 0 Å². The van der Waals surface area contributed by atoms with Gasteiger partial charge in [0.05, 0.1) is 0 Å². The fourth-order valence-corrected chi connectivity index (χ4v) is 0.534. The summed E-state index contributed by atoms with van der Waals surface area (Å²) < 4.78 is 0. The van der Waals surface area contributed by atoms with Gasteiger partial charge in [0.25, 0.3) is 0 Å². The monoisotopic (exact) mass is 149 g/mol. The molecule has 0 aromatic heterocycles. The highest BCUT2D eigenvalue weighted by Crippen LogP contribution is 1.92. The summed E-state index contributed by atoms with van der Waals surface area (Å²) in [6.45, 7) is 6.08. The van der Waals surface area contributed by atoms with Crippen LogP contribution in [-0.2, 0) is 0 Å². The second-order valence-electron chi connectivity index (χ2n) is 1.65. The van der Waals surface area contributed by atoms with Crippen molar-refractivity contribution in [3.8, 4) is 0 Å². The first-order valence-corrected chi connectivity index (χ1v) is 3.41. The molecule has 11 heavy (non-hydrogen) atoms. The van der Waals surface area contributed by atoms with Crippen molar-refractivity contribution in [2.45, 2.75) is 28.2 Å². The van der Waals surface area contributed by atoms with E-state index in [2.05, 4.69) is 19.1 Å². The maximum absolute atomic E-state index is 2.08. The Labute approximate surface area is 73.2 Å². The highest BCUT2D eigenvalue weighted by atomic mass is 13.8. The molecule has 1 rings (SSSR count). The number of rotatable bonds is 0. The molecule has 0 bridgehead atoms. The molecule has 0 amide bonds. The first kappa shape index (κ1) is 16.7. The lowest BCUT2D eigenvalue weighted by Gasteiger charge is -1.82. The molecule has 0 nitrogen and oxygen atoms in total. The van der Waals surface area contributed by atoms with Crippen LogP contribution < -0.4 is 0 Å². The average Bonchev–Trinajstić information content (AvgIpc) is 1.94. The van der Waals surface area contributed by atoms with E-state index in [9.17, 15) is 0 Å². The summed E-state index contributed by atoms with van der Waals surface area (Å²) in [5.74, 6) is 0. The van der Waals surface area contributed by atoms with Crippen LogP contribution in [0.15, 0.2) is 30.3 Å². The maximum atomic E-state index is 2.08. The minimum atomic E-state index is 0. The molecule has 0 N–H and O–H groups in total. The van der Waals surface area contributed by atoms with E-state index in [1.165, 1.54) is 5.56 Å². The highest BCUT2D eigenvalue weighted by Gasteiger charge is 1.72. The lowest BCUT2D eigenvalue weighted by atomic mass is 10.2. The molecular formula is C10H18B. The SMILES string of the molecule is C.CC.Cc1ccccc1.[B]. The third-order valence-corrected chi connectivity index (χ3v) is 0.940. The molecule has 0 fully saturated rings. The molecule has 1 heteroatoms. The first-order chi connectivity index (χ1) is 4.39. The number of benzene rings is 1. The van der Waals surface area contributed by atoms with Crippen molar-refractivity contribution in [1.82, 2.24) is 0 Å². The zero-order valence-electron chi connectivity index (χ0n) is 6.96. The van der Waals surface area contributed by atoms with Crippen molar-refractivity contribution in [2.24, 2.45) is 0 Å². The summed E-state index contributed by atoms with van der Waals surface area (Å²) in [7, 11) is 0. The van der Waals surface area contributed by atoms with E-state index < -0.39 is 0 Å². The van der Waals surface area contributed by atoms with Crippen LogP contribution in [0, 0.1) is 6.92 Å². The smallest absolute Gasteiger partial charge is 0 e. The quantitative estimate of drug-likeness (QED) is 0.496. The van der Waals surface area contributed by atoms with Crippen LogP contribution in [0.4, 0.5) is 0 Å². The maximum Gasteiger partial charge on any atom is 0 e. The Morgan fingerprint density at radius 1 is 0.909 bits per heavy atom. The Morgan fingerprint density at radius 2 is 1.27 bits per heavy atom. The Kier molecular flexibility index (Phi) is 18.2. The normalized spacial score (nSPS) is 6.09. The molecule has 1 aromatic rings. The van der Waals surface area contributed by atoms with Gasteiger partial charge in [-0.2, -0.15) is 0 Å². The molecule has 3 radical (unpaired) electrons. The van der Waals surface area contributed by atoms with Crippen LogP contribution in [0.25, 0.3) is 0 Å². The molecule has 0 heterocycles. The van der Waals surface area contributed by atoms with Gasteiger partial charge in [0, 0.05) is 8.41 Å². The average molecular weight is 149 g/mol. The third-order valence-electron chi connectivity index (χ3n) is 0.940. The largest absolute Gasteiger partial charge is 0.0776 e. The van der Waals surface area contributed by atoms with Crippen LogP contribution in [0.3, 0.4) is 0 Å². The lowest BCUT2D eigenvalue weighted by Crippen LogP contribution is -1.62. The van der Waals surface area contributed by atoms with E-state index in [-0.39, 0.29) is 15.8 Å². The molecule has 0 saturated carbocycles. The Bertz CT molecular complexity index is 135. The molecule has 1 aromatic carbocycles. The summed E-state index contributed by atoms with van der Waals surface area (Å²) in [6.07, 6.45) is 0. The predicted molar refractivity (Wildman–Crippen MR) is 55.0 cm³/mol. The molecule has 0 unspecified atom stereocenters. The van der Waals surface area contributed by atoms with Crippen molar-refractivity contribution in [3.63, 3.8) is 0 Å². The summed E-state index contributed by atoms with van der Waals surface area (Å²) in [5, 5.41) is 0. The van der Waals surface area contributed by atoms with E-state index in [1.807, 2.05) is 32.0 Å². The molecule has 0 aliphatic carbocycles. The summed E-state index contributed by atoms with van der Waals surface area (Å²) in [6, 6.07) is 10.3. The standard InChI is InChI=1S/C7H8.C2H6.CH4.B/c1-7-5-3-2-4-6-7;1-2;;/h2-6H,1H3;1-2H3;1H4;. The topological polar surface area (TPSA) is 0 Å². The number of hydrogen-bond donors (Lipinski definition) is 0. The Morgan fingerprint density at radius 3 is 1.45 bits per heavy atom. The van der Waals surface area contributed by atoms with Gasteiger partial charge in [0.15, 0.2) is 0 Å². The fraction of sp³-hybridized carbons (Fsp3) is 0.400. The second-order valence-corrected chi connectivity index (χ2v) is 1.65. The van der Waals surface area contributed by atoms with Crippen molar-refractivity contribution in [2.75, 3.05) is 0 Å². The molecular weight excluding hydrogens is 131 g/mol. The van der Waals surface area contributed by atoms with Crippen LogP contribution in [-0.4, -0.2) is 8.41 Å². The van der Waals surface area contributed by atoms with Crippen LogP contribution in [0.5, 0.6) is 0 Å².